The SMILES string of the molecule is Cc1ccccc1CN1CCNCCS1(=O)=O. The van der Waals surface area contributed by atoms with Gasteiger partial charge in [0.2, 0.25) is 10.0 Å². The summed E-state index contributed by atoms with van der Waals surface area (Å²) in [5.74, 6) is 0.193. The fraction of sp³-hybridized carbons (Fsp3) is 0.500. The van der Waals surface area contributed by atoms with Crippen LogP contribution in [0.2, 0.25) is 0 Å². The van der Waals surface area contributed by atoms with Crippen LogP contribution in [0.15, 0.2) is 24.3 Å². The molecule has 0 amide bonds. The normalized spacial score (nSPS) is 21.0. The Labute approximate surface area is 103 Å². The first-order valence-electron chi connectivity index (χ1n) is 5.83. The molecule has 1 aliphatic heterocycles. The van der Waals surface area contributed by atoms with Crippen LogP contribution in [-0.2, 0) is 16.6 Å². The van der Waals surface area contributed by atoms with Gasteiger partial charge in [-0.15, -0.1) is 0 Å². The van der Waals surface area contributed by atoms with Gasteiger partial charge in [0.05, 0.1) is 5.75 Å². The van der Waals surface area contributed by atoms with E-state index in [9.17, 15) is 8.42 Å². The van der Waals surface area contributed by atoms with Crippen LogP contribution in [-0.4, -0.2) is 38.1 Å². The smallest absolute Gasteiger partial charge is 0.215 e. The number of sulfonamides is 1. The molecule has 2 rings (SSSR count). The molecule has 0 bridgehead atoms. The molecule has 0 aliphatic carbocycles. The van der Waals surface area contributed by atoms with Gasteiger partial charge in [-0.3, -0.25) is 0 Å². The fourth-order valence-corrected chi connectivity index (χ4v) is 3.32. The molecule has 0 saturated carbocycles. The van der Waals surface area contributed by atoms with Gasteiger partial charge in [0.25, 0.3) is 0 Å². The Morgan fingerprint density at radius 2 is 2.06 bits per heavy atom. The van der Waals surface area contributed by atoms with Crippen molar-refractivity contribution in [1.82, 2.24) is 9.62 Å². The van der Waals surface area contributed by atoms with Crippen molar-refractivity contribution in [2.24, 2.45) is 0 Å². The number of benzene rings is 1. The Morgan fingerprint density at radius 1 is 1.29 bits per heavy atom. The summed E-state index contributed by atoms with van der Waals surface area (Å²) in [5.41, 5.74) is 2.22. The Hall–Kier alpha value is -0.910. The van der Waals surface area contributed by atoms with Crippen LogP contribution in [0, 0.1) is 6.92 Å². The summed E-state index contributed by atoms with van der Waals surface area (Å²) in [6.45, 7) is 4.32. The fourth-order valence-electron chi connectivity index (χ4n) is 1.95. The first kappa shape index (κ1) is 12.5. The van der Waals surface area contributed by atoms with E-state index in [4.69, 9.17) is 0 Å². The van der Waals surface area contributed by atoms with E-state index in [0.717, 1.165) is 17.7 Å². The molecule has 0 unspecified atom stereocenters. The lowest BCUT2D eigenvalue weighted by atomic mass is 10.1. The van der Waals surface area contributed by atoms with Crippen LogP contribution in [0.4, 0.5) is 0 Å². The minimum absolute atomic E-state index is 0.193. The number of hydrogen-bond donors (Lipinski definition) is 1. The van der Waals surface area contributed by atoms with Crippen LogP contribution in [0.25, 0.3) is 0 Å². The highest BCUT2D eigenvalue weighted by molar-refractivity contribution is 7.89. The molecule has 1 aromatic carbocycles. The van der Waals surface area contributed by atoms with Crippen LogP contribution in [0.1, 0.15) is 11.1 Å². The van der Waals surface area contributed by atoms with Crippen molar-refractivity contribution in [3.63, 3.8) is 0 Å². The molecule has 1 fully saturated rings. The molecule has 4 nitrogen and oxygen atoms in total. The largest absolute Gasteiger partial charge is 0.314 e. The van der Waals surface area contributed by atoms with Crippen molar-refractivity contribution in [2.75, 3.05) is 25.4 Å². The van der Waals surface area contributed by atoms with Gasteiger partial charge in [0, 0.05) is 26.2 Å². The molecule has 5 heteroatoms. The predicted octanol–water partition coefficient (Wildman–Crippen LogP) is 0.730. The zero-order valence-electron chi connectivity index (χ0n) is 10.0. The first-order valence-corrected chi connectivity index (χ1v) is 7.43. The van der Waals surface area contributed by atoms with E-state index in [2.05, 4.69) is 5.32 Å². The van der Waals surface area contributed by atoms with Crippen LogP contribution >= 0.6 is 0 Å². The second-order valence-electron chi connectivity index (χ2n) is 4.33. The summed E-state index contributed by atoms with van der Waals surface area (Å²) in [5, 5.41) is 3.11. The van der Waals surface area contributed by atoms with Gasteiger partial charge >= 0.3 is 0 Å². The van der Waals surface area contributed by atoms with Gasteiger partial charge in [-0.2, -0.15) is 4.31 Å². The number of hydrogen-bond acceptors (Lipinski definition) is 3. The summed E-state index contributed by atoms with van der Waals surface area (Å²) in [6, 6.07) is 7.92. The van der Waals surface area contributed by atoms with Gasteiger partial charge < -0.3 is 5.32 Å². The van der Waals surface area contributed by atoms with Crippen molar-refractivity contribution in [3.05, 3.63) is 35.4 Å². The molecule has 0 aromatic heterocycles. The highest BCUT2D eigenvalue weighted by atomic mass is 32.2. The van der Waals surface area contributed by atoms with E-state index < -0.39 is 10.0 Å². The molecule has 1 aromatic rings. The Morgan fingerprint density at radius 3 is 2.82 bits per heavy atom. The molecule has 0 atom stereocenters. The van der Waals surface area contributed by atoms with E-state index in [1.54, 1.807) is 4.31 Å². The minimum Gasteiger partial charge on any atom is -0.314 e. The number of aryl methyl sites for hydroxylation is 1. The van der Waals surface area contributed by atoms with Gasteiger partial charge in [-0.25, -0.2) is 8.42 Å². The molecule has 1 N–H and O–H groups in total. The lowest BCUT2D eigenvalue weighted by molar-refractivity contribution is 0.414. The molecule has 1 heterocycles. The monoisotopic (exact) mass is 254 g/mol. The third-order valence-electron chi connectivity index (χ3n) is 3.08. The van der Waals surface area contributed by atoms with Crippen molar-refractivity contribution < 1.29 is 8.42 Å². The van der Waals surface area contributed by atoms with E-state index in [-0.39, 0.29) is 5.75 Å². The maximum atomic E-state index is 12.0. The maximum absolute atomic E-state index is 12.0. The maximum Gasteiger partial charge on any atom is 0.215 e. The van der Waals surface area contributed by atoms with Crippen molar-refractivity contribution in [3.8, 4) is 0 Å². The molecule has 17 heavy (non-hydrogen) atoms. The van der Waals surface area contributed by atoms with Gasteiger partial charge in [0.15, 0.2) is 0 Å². The van der Waals surface area contributed by atoms with Crippen LogP contribution in [0.3, 0.4) is 0 Å². The van der Waals surface area contributed by atoms with Crippen molar-refractivity contribution in [1.29, 1.82) is 0 Å². The predicted molar refractivity (Wildman–Crippen MR) is 68.2 cm³/mol. The number of nitrogens with zero attached hydrogens (tertiary/aromatic N) is 1. The Kier molecular flexibility index (Phi) is 3.81. The first-order chi connectivity index (χ1) is 8.09. The van der Waals surface area contributed by atoms with Crippen LogP contribution in [0.5, 0.6) is 0 Å². The molecule has 94 valence electrons. The van der Waals surface area contributed by atoms with Gasteiger partial charge in [-0.1, -0.05) is 24.3 Å². The molecule has 1 saturated heterocycles. The summed E-state index contributed by atoms with van der Waals surface area (Å²) < 4.78 is 25.6. The Bertz CT molecular complexity index is 485. The summed E-state index contributed by atoms with van der Waals surface area (Å²) in [7, 11) is -3.10. The molecule has 0 radical (unpaired) electrons. The standard InChI is InChI=1S/C12H18N2O2S/c1-11-4-2-3-5-12(11)10-14-8-6-13-7-9-17(14,15)16/h2-5,13H,6-10H2,1H3. The van der Waals surface area contributed by atoms with Crippen molar-refractivity contribution in [2.45, 2.75) is 13.5 Å². The van der Waals surface area contributed by atoms with E-state index >= 15 is 0 Å². The summed E-state index contributed by atoms with van der Waals surface area (Å²) in [4.78, 5) is 0. The quantitative estimate of drug-likeness (QED) is 0.846. The van der Waals surface area contributed by atoms with Gasteiger partial charge in [0.1, 0.15) is 0 Å². The zero-order chi connectivity index (χ0) is 12.3. The summed E-state index contributed by atoms with van der Waals surface area (Å²) >= 11 is 0. The molecule has 0 spiro atoms. The average molecular weight is 254 g/mol. The lowest BCUT2D eigenvalue weighted by Gasteiger charge is -2.20. The molecule has 1 aliphatic rings. The highest BCUT2D eigenvalue weighted by Gasteiger charge is 2.24. The minimum atomic E-state index is -3.10. The van der Waals surface area contributed by atoms with Crippen molar-refractivity contribution >= 4 is 10.0 Å². The highest BCUT2D eigenvalue weighted by Crippen LogP contribution is 2.14. The third-order valence-corrected chi connectivity index (χ3v) is 4.89. The van der Waals surface area contributed by atoms with E-state index in [0.29, 0.717) is 19.6 Å². The van der Waals surface area contributed by atoms with Crippen LogP contribution < -0.4 is 5.32 Å². The second kappa shape index (κ2) is 5.16. The molecular formula is C12H18N2O2S. The summed E-state index contributed by atoms with van der Waals surface area (Å²) in [6.07, 6.45) is 0. The number of nitrogens with one attached hydrogen (secondary N) is 1. The Balaban J connectivity index is 2.19. The topological polar surface area (TPSA) is 49.4 Å². The third kappa shape index (κ3) is 3.06. The average Bonchev–Trinajstić information content (AvgIpc) is 2.44. The lowest BCUT2D eigenvalue weighted by Crippen LogP contribution is -2.33. The number of rotatable bonds is 2. The zero-order valence-corrected chi connectivity index (χ0v) is 10.8. The second-order valence-corrected chi connectivity index (χ2v) is 6.41. The van der Waals surface area contributed by atoms with Gasteiger partial charge in [-0.05, 0) is 18.1 Å². The van der Waals surface area contributed by atoms with E-state index in [1.165, 1.54) is 0 Å². The van der Waals surface area contributed by atoms with E-state index in [1.807, 2.05) is 31.2 Å². The molecular weight excluding hydrogens is 236 g/mol.